The predicted molar refractivity (Wildman–Crippen MR) is 169 cm³/mol. The van der Waals surface area contributed by atoms with Gasteiger partial charge in [-0.05, 0) is 93.1 Å². The fourth-order valence-electron chi connectivity index (χ4n) is 6.37. The van der Waals surface area contributed by atoms with E-state index in [-0.39, 0.29) is 29.8 Å². The van der Waals surface area contributed by atoms with E-state index in [2.05, 4.69) is 50.8 Å². The van der Waals surface area contributed by atoms with E-state index in [1.54, 1.807) is 0 Å². The summed E-state index contributed by atoms with van der Waals surface area (Å²) in [4.78, 5) is 47.0. The molecule has 0 unspecified atom stereocenters. The molecule has 222 valence electrons. The second-order valence-electron chi connectivity index (χ2n) is 11.6. The Bertz CT molecular complexity index is 1500. The number of hydrogen-bond donors (Lipinski definition) is 3. The van der Waals surface area contributed by atoms with Crippen molar-refractivity contribution in [2.45, 2.75) is 59.9 Å². The first-order valence-corrected chi connectivity index (χ1v) is 15.3. The third-order valence-electron chi connectivity index (χ3n) is 8.80. The molecule has 1 saturated carbocycles. The summed E-state index contributed by atoms with van der Waals surface area (Å²) >= 11 is 0. The van der Waals surface area contributed by atoms with Crippen molar-refractivity contribution in [3.63, 3.8) is 0 Å². The molecule has 8 heteroatoms. The fourth-order valence-corrected chi connectivity index (χ4v) is 6.37. The molecule has 0 spiro atoms. The molecule has 8 nitrogen and oxygen atoms in total. The summed E-state index contributed by atoms with van der Waals surface area (Å²) in [7, 11) is 0. The van der Waals surface area contributed by atoms with Crippen LogP contribution in [0.3, 0.4) is 0 Å². The van der Waals surface area contributed by atoms with Crippen LogP contribution in [0, 0.1) is 26.7 Å². The summed E-state index contributed by atoms with van der Waals surface area (Å²) in [5.74, 6) is -0.103. The lowest BCUT2D eigenvalue weighted by atomic mass is 9.95. The van der Waals surface area contributed by atoms with Crippen LogP contribution in [0.2, 0.25) is 0 Å². The van der Waals surface area contributed by atoms with Crippen molar-refractivity contribution >= 4 is 23.2 Å². The highest BCUT2D eigenvalue weighted by molar-refractivity contribution is 6.02. The van der Waals surface area contributed by atoms with Crippen LogP contribution in [0.4, 0.5) is 11.4 Å². The van der Waals surface area contributed by atoms with Crippen LogP contribution in [0.25, 0.3) is 11.1 Å². The van der Waals surface area contributed by atoms with E-state index in [4.69, 9.17) is 0 Å². The van der Waals surface area contributed by atoms with Crippen molar-refractivity contribution < 1.29 is 9.59 Å². The quantitative estimate of drug-likeness (QED) is 0.360. The number of piperazine rings is 1. The van der Waals surface area contributed by atoms with Crippen molar-refractivity contribution in [1.82, 2.24) is 15.6 Å². The van der Waals surface area contributed by atoms with Crippen LogP contribution in [0.5, 0.6) is 0 Å². The van der Waals surface area contributed by atoms with E-state index in [0.29, 0.717) is 17.7 Å². The number of nitrogens with one attached hydrogen (secondary N) is 3. The number of hydrogen-bond acceptors (Lipinski definition) is 5. The first-order valence-electron chi connectivity index (χ1n) is 15.3. The third-order valence-corrected chi connectivity index (χ3v) is 8.80. The minimum atomic E-state index is -0.267. The van der Waals surface area contributed by atoms with E-state index in [9.17, 15) is 14.4 Å². The van der Waals surface area contributed by atoms with Gasteiger partial charge in [0, 0.05) is 73.4 Å². The van der Waals surface area contributed by atoms with Gasteiger partial charge in [-0.15, -0.1) is 0 Å². The van der Waals surface area contributed by atoms with Crippen molar-refractivity contribution in [1.29, 1.82) is 0 Å². The number of aryl methyl sites for hydroxylation is 2. The molecule has 2 aliphatic rings. The van der Waals surface area contributed by atoms with Crippen molar-refractivity contribution in [3.05, 3.63) is 80.8 Å². The molecular weight excluding hydrogens is 526 g/mol. The monoisotopic (exact) mass is 569 g/mol. The van der Waals surface area contributed by atoms with Crippen molar-refractivity contribution in [2.24, 2.45) is 5.92 Å². The molecule has 1 aliphatic carbocycles. The number of benzene rings is 2. The number of carbonyl (C=O) groups is 2. The number of carbonyl (C=O) groups excluding carboxylic acids is 2. The molecule has 0 bridgehead atoms. The highest BCUT2D eigenvalue weighted by atomic mass is 16.2. The maximum atomic E-state index is 13.7. The average Bonchev–Trinajstić information content (AvgIpc) is 3.53. The summed E-state index contributed by atoms with van der Waals surface area (Å²) < 4.78 is 0. The fraction of sp³-hybridized carbons (Fsp3) is 0.441. The standard InChI is InChI=1S/C34H43N5O3/c1-5-39(34(42)26-8-6-7-9-26)31-20-27(25-10-12-28(13-11-25)38-16-14-35-15-17-38)19-29(24(31)4)32(40)36-21-30-22(2)18-23(3)37-33(30)41/h10-13,18-20,26,35H,5-9,14-17,21H2,1-4H3,(H,36,40)(H,37,41). The number of nitrogens with zero attached hydrogens (tertiary/aromatic N) is 2. The van der Waals surface area contributed by atoms with Gasteiger partial charge in [0.25, 0.3) is 11.5 Å². The van der Waals surface area contributed by atoms with Gasteiger partial charge in [-0.25, -0.2) is 0 Å². The summed E-state index contributed by atoms with van der Waals surface area (Å²) in [5.41, 5.74) is 7.06. The van der Waals surface area contributed by atoms with Crippen molar-refractivity contribution in [2.75, 3.05) is 42.5 Å². The minimum absolute atomic E-state index is 0.0276. The zero-order valence-corrected chi connectivity index (χ0v) is 25.3. The lowest BCUT2D eigenvalue weighted by molar-refractivity contribution is -0.122. The van der Waals surface area contributed by atoms with Gasteiger partial charge in [-0.3, -0.25) is 14.4 Å². The average molecular weight is 570 g/mol. The molecule has 1 saturated heterocycles. The summed E-state index contributed by atoms with van der Waals surface area (Å²) in [5, 5.41) is 6.38. The molecular formula is C34H43N5O3. The molecule has 42 heavy (non-hydrogen) atoms. The maximum Gasteiger partial charge on any atom is 0.253 e. The Morgan fingerprint density at radius 1 is 0.976 bits per heavy atom. The molecule has 0 radical (unpaired) electrons. The lowest BCUT2D eigenvalue weighted by Gasteiger charge is -2.29. The molecule has 5 rings (SSSR count). The van der Waals surface area contributed by atoms with Gasteiger partial charge in [-0.2, -0.15) is 0 Å². The van der Waals surface area contributed by atoms with Gasteiger partial charge < -0.3 is 25.4 Å². The number of amides is 2. The van der Waals surface area contributed by atoms with Crippen molar-refractivity contribution in [3.8, 4) is 11.1 Å². The van der Waals surface area contributed by atoms with E-state index in [1.165, 1.54) is 5.69 Å². The Labute approximate surface area is 248 Å². The summed E-state index contributed by atoms with van der Waals surface area (Å²) in [6.07, 6.45) is 3.99. The van der Waals surface area contributed by atoms with Crippen LogP contribution in [-0.4, -0.2) is 49.5 Å². The Balaban J connectivity index is 1.50. The first kappa shape index (κ1) is 29.6. The van der Waals surface area contributed by atoms with Crippen LogP contribution < -0.4 is 26.0 Å². The molecule has 2 aromatic carbocycles. The van der Waals surface area contributed by atoms with Gasteiger partial charge in [0.2, 0.25) is 5.91 Å². The SMILES string of the molecule is CCN(C(=O)C1CCCC1)c1cc(-c2ccc(N3CCNCC3)cc2)cc(C(=O)NCc2c(C)cc(C)[nH]c2=O)c1C. The number of pyridine rings is 1. The Kier molecular flexibility index (Phi) is 9.12. The second kappa shape index (κ2) is 12.9. The largest absolute Gasteiger partial charge is 0.369 e. The molecule has 3 aromatic rings. The number of aromatic amines is 1. The number of anilines is 2. The molecule has 2 fully saturated rings. The Morgan fingerprint density at radius 2 is 1.67 bits per heavy atom. The molecule has 1 aliphatic heterocycles. The predicted octanol–water partition coefficient (Wildman–Crippen LogP) is 4.85. The smallest absolute Gasteiger partial charge is 0.253 e. The van der Waals surface area contributed by atoms with Gasteiger partial charge in [0.05, 0.1) is 0 Å². The molecule has 2 amide bonds. The zero-order chi connectivity index (χ0) is 29.8. The van der Waals surface area contributed by atoms with Gasteiger partial charge >= 0.3 is 0 Å². The van der Waals surface area contributed by atoms with E-state index >= 15 is 0 Å². The highest BCUT2D eigenvalue weighted by Crippen LogP contribution is 2.35. The Hall–Kier alpha value is -3.91. The van der Waals surface area contributed by atoms with Crippen LogP contribution in [0.15, 0.2) is 47.3 Å². The van der Waals surface area contributed by atoms with Crippen LogP contribution in [-0.2, 0) is 11.3 Å². The van der Waals surface area contributed by atoms with Gasteiger partial charge in [0.15, 0.2) is 0 Å². The number of rotatable bonds is 8. The van der Waals surface area contributed by atoms with Gasteiger partial charge in [-0.1, -0.05) is 25.0 Å². The summed E-state index contributed by atoms with van der Waals surface area (Å²) in [6.45, 7) is 12.2. The normalized spacial score (nSPS) is 15.6. The maximum absolute atomic E-state index is 13.7. The molecule has 0 atom stereocenters. The number of aromatic nitrogens is 1. The summed E-state index contributed by atoms with van der Waals surface area (Å²) in [6, 6.07) is 14.3. The van der Waals surface area contributed by atoms with E-state index < -0.39 is 0 Å². The third kappa shape index (κ3) is 6.28. The van der Waals surface area contributed by atoms with Crippen LogP contribution >= 0.6 is 0 Å². The van der Waals surface area contributed by atoms with E-state index in [0.717, 1.165) is 85.5 Å². The van der Waals surface area contributed by atoms with Gasteiger partial charge in [0.1, 0.15) is 0 Å². The zero-order valence-electron chi connectivity index (χ0n) is 25.3. The molecule has 2 heterocycles. The number of H-pyrrole nitrogens is 1. The topological polar surface area (TPSA) is 97.5 Å². The second-order valence-corrected chi connectivity index (χ2v) is 11.6. The Morgan fingerprint density at radius 3 is 2.31 bits per heavy atom. The lowest BCUT2D eigenvalue weighted by Crippen LogP contribution is -2.43. The minimum Gasteiger partial charge on any atom is -0.369 e. The molecule has 3 N–H and O–H groups in total. The molecule has 1 aromatic heterocycles. The highest BCUT2D eigenvalue weighted by Gasteiger charge is 2.29. The van der Waals surface area contributed by atoms with Crippen LogP contribution in [0.1, 0.15) is 65.3 Å². The van der Waals surface area contributed by atoms with E-state index in [1.807, 2.05) is 44.7 Å². The first-order chi connectivity index (χ1) is 20.3.